The number of hydrogen-bond donors (Lipinski definition) is 0. The normalized spacial score (nSPS) is 14.7. The van der Waals surface area contributed by atoms with Crippen LogP contribution in [0.25, 0.3) is 11.8 Å². The number of aromatic nitrogens is 1. The maximum Gasteiger partial charge on any atom is 0.338 e. The minimum atomic E-state index is -0.682. The van der Waals surface area contributed by atoms with E-state index in [2.05, 4.69) is 54.5 Å². The van der Waals surface area contributed by atoms with E-state index in [1.807, 2.05) is 90.3 Å². The Kier molecular flexibility index (Phi) is 9.67. The van der Waals surface area contributed by atoms with Crippen molar-refractivity contribution >= 4 is 94.9 Å². The first-order chi connectivity index (χ1) is 21.3. The van der Waals surface area contributed by atoms with Gasteiger partial charge in [0.2, 0.25) is 0 Å². The number of carbonyl (C=O) groups excluding carboxylic acids is 1. The Morgan fingerprint density at radius 1 is 1.05 bits per heavy atom. The summed E-state index contributed by atoms with van der Waals surface area (Å²) >= 11 is 12.1. The molecule has 0 unspecified atom stereocenters. The van der Waals surface area contributed by atoms with Gasteiger partial charge in [-0.25, -0.2) is 9.79 Å². The third-order valence-electron chi connectivity index (χ3n) is 6.81. The standard InChI is InChI=1S/C33H23Br2IN2O4S2/c1-2-41-32(40)27-28(20-7-4-3-5-8-20)37-33-38(29(27)25-9-6-14-43-25)31(39)26(44-33)16-21-15-23(35)17-24(36)30(21)42-18-19-10-12-22(34)13-11-19/h3-17,29H,2,18H2,1H3/b26-16-/t29-/m1/s1. The lowest BCUT2D eigenvalue weighted by Crippen LogP contribution is -2.39. The van der Waals surface area contributed by atoms with Gasteiger partial charge in [0.15, 0.2) is 4.80 Å². The van der Waals surface area contributed by atoms with Crippen molar-refractivity contribution in [3.05, 3.63) is 144 Å². The first-order valence-electron chi connectivity index (χ1n) is 13.5. The summed E-state index contributed by atoms with van der Waals surface area (Å²) in [6, 6.07) is 24.6. The smallest absolute Gasteiger partial charge is 0.338 e. The molecule has 11 heteroatoms. The zero-order chi connectivity index (χ0) is 30.8. The number of fused-ring (bicyclic) bond motifs is 1. The van der Waals surface area contributed by atoms with Crippen LogP contribution in [0.4, 0.5) is 0 Å². The molecule has 0 saturated heterocycles. The van der Waals surface area contributed by atoms with Crippen LogP contribution in [0.1, 0.15) is 34.5 Å². The number of hydrogen-bond acceptors (Lipinski definition) is 7. The van der Waals surface area contributed by atoms with Crippen molar-refractivity contribution in [3.8, 4) is 5.75 Å². The minimum absolute atomic E-state index is 0.205. The number of thiazole rings is 1. The lowest BCUT2D eigenvalue weighted by molar-refractivity contribution is -0.138. The Balaban J connectivity index is 1.53. The summed E-state index contributed by atoms with van der Waals surface area (Å²) in [5.74, 6) is 0.183. The molecule has 0 amide bonds. The van der Waals surface area contributed by atoms with E-state index in [1.165, 1.54) is 22.7 Å². The molecule has 0 radical (unpaired) electrons. The summed E-state index contributed by atoms with van der Waals surface area (Å²) in [5.41, 5.74) is 3.16. The van der Waals surface area contributed by atoms with E-state index < -0.39 is 12.0 Å². The molecule has 6 nitrogen and oxygen atoms in total. The highest BCUT2D eigenvalue weighted by atomic mass is 127. The van der Waals surface area contributed by atoms with Crippen LogP contribution >= 0.6 is 77.1 Å². The molecule has 0 saturated carbocycles. The van der Waals surface area contributed by atoms with Crippen LogP contribution in [0.5, 0.6) is 5.75 Å². The topological polar surface area (TPSA) is 69.9 Å². The van der Waals surface area contributed by atoms with E-state index in [4.69, 9.17) is 14.5 Å². The van der Waals surface area contributed by atoms with E-state index in [-0.39, 0.29) is 12.2 Å². The fraction of sp³-hybridized carbons (Fsp3) is 0.121. The highest BCUT2D eigenvalue weighted by Gasteiger charge is 2.35. The fourth-order valence-electron chi connectivity index (χ4n) is 4.87. The summed E-state index contributed by atoms with van der Waals surface area (Å²) in [5, 5.41) is 1.94. The molecule has 6 rings (SSSR count). The summed E-state index contributed by atoms with van der Waals surface area (Å²) in [4.78, 5) is 34.1. The van der Waals surface area contributed by atoms with Crippen molar-refractivity contribution in [2.45, 2.75) is 19.6 Å². The second-order valence-corrected chi connectivity index (χ2v) is 14.6. The van der Waals surface area contributed by atoms with E-state index >= 15 is 0 Å². The van der Waals surface area contributed by atoms with Gasteiger partial charge in [-0.15, -0.1) is 11.3 Å². The molecule has 44 heavy (non-hydrogen) atoms. The van der Waals surface area contributed by atoms with Crippen LogP contribution in [-0.4, -0.2) is 17.1 Å². The second kappa shape index (κ2) is 13.7. The molecule has 1 atom stereocenters. The van der Waals surface area contributed by atoms with Gasteiger partial charge < -0.3 is 9.47 Å². The van der Waals surface area contributed by atoms with Gasteiger partial charge >= 0.3 is 5.97 Å². The second-order valence-electron chi connectivity index (χ2n) is 9.67. The molecule has 0 fully saturated rings. The number of thiophene rings is 1. The van der Waals surface area contributed by atoms with Crippen LogP contribution in [0.2, 0.25) is 0 Å². The molecule has 1 aliphatic heterocycles. The summed E-state index contributed by atoms with van der Waals surface area (Å²) in [7, 11) is 0. The van der Waals surface area contributed by atoms with Gasteiger partial charge in [0.1, 0.15) is 18.4 Å². The first-order valence-corrected chi connectivity index (χ1v) is 17.9. The highest BCUT2D eigenvalue weighted by molar-refractivity contribution is 14.1. The van der Waals surface area contributed by atoms with Gasteiger partial charge in [-0.1, -0.05) is 91.7 Å². The van der Waals surface area contributed by atoms with Crippen molar-refractivity contribution in [1.82, 2.24) is 4.57 Å². The number of carbonyl (C=O) groups is 1. The maximum atomic E-state index is 14.2. The SMILES string of the molecule is CCOC(=O)C1=C(c2ccccc2)N=c2s/c(=C\c3cc(Br)cc(I)c3OCc3ccc(Br)cc3)c(=O)n2[C@@H]1c1cccs1. The summed E-state index contributed by atoms with van der Waals surface area (Å²) in [6.45, 7) is 2.34. The molecule has 2 aromatic heterocycles. The van der Waals surface area contributed by atoms with Crippen molar-refractivity contribution in [3.63, 3.8) is 0 Å². The highest BCUT2D eigenvalue weighted by Crippen LogP contribution is 2.37. The van der Waals surface area contributed by atoms with Crippen molar-refractivity contribution in [2.24, 2.45) is 4.99 Å². The van der Waals surface area contributed by atoms with E-state index in [9.17, 15) is 9.59 Å². The van der Waals surface area contributed by atoms with Gasteiger partial charge in [0, 0.05) is 24.9 Å². The molecule has 5 aromatic rings. The Morgan fingerprint density at radius 3 is 2.52 bits per heavy atom. The molecule has 0 aliphatic carbocycles. The molecular formula is C33H23Br2IN2O4S2. The number of halogens is 3. The van der Waals surface area contributed by atoms with Crippen LogP contribution < -0.4 is 19.6 Å². The van der Waals surface area contributed by atoms with Gasteiger partial charge in [-0.2, -0.15) is 0 Å². The predicted molar refractivity (Wildman–Crippen MR) is 191 cm³/mol. The molecule has 3 heterocycles. The lowest BCUT2D eigenvalue weighted by atomic mass is 9.97. The lowest BCUT2D eigenvalue weighted by Gasteiger charge is -2.24. The zero-order valence-corrected chi connectivity index (χ0v) is 30.1. The van der Waals surface area contributed by atoms with Crippen molar-refractivity contribution < 1.29 is 14.3 Å². The van der Waals surface area contributed by atoms with E-state index in [0.717, 1.165) is 34.1 Å². The third-order valence-corrected chi connectivity index (χ3v) is 10.5. The van der Waals surface area contributed by atoms with Crippen molar-refractivity contribution in [1.29, 1.82) is 0 Å². The third kappa shape index (κ3) is 6.43. The fourth-order valence-corrected chi connectivity index (χ4v) is 8.66. The monoisotopic (exact) mass is 860 g/mol. The van der Waals surface area contributed by atoms with Gasteiger partial charge in [-0.3, -0.25) is 9.36 Å². The Hall–Kier alpha value is -2.84. The Bertz CT molecular complexity index is 2060. The average molecular weight is 862 g/mol. The molecule has 222 valence electrons. The van der Waals surface area contributed by atoms with Gasteiger partial charge in [-0.05, 0) is 76.9 Å². The number of ether oxygens (including phenoxy) is 2. The number of esters is 1. The molecule has 0 N–H and O–H groups in total. The summed E-state index contributed by atoms with van der Waals surface area (Å²) < 4.78 is 16.7. The predicted octanol–water partition coefficient (Wildman–Crippen LogP) is 7.71. The molecule has 1 aliphatic rings. The van der Waals surface area contributed by atoms with E-state index in [1.54, 1.807) is 11.5 Å². The number of rotatable bonds is 8. The van der Waals surface area contributed by atoms with Gasteiger partial charge in [0.05, 0.1) is 26.0 Å². The maximum absolute atomic E-state index is 14.2. The first kappa shape index (κ1) is 31.2. The summed E-state index contributed by atoms with van der Waals surface area (Å²) in [6.07, 6.45) is 1.84. The van der Waals surface area contributed by atoms with Crippen molar-refractivity contribution in [2.75, 3.05) is 6.61 Å². The number of benzene rings is 3. The van der Waals surface area contributed by atoms with E-state index in [0.29, 0.717) is 33.0 Å². The molecule has 0 spiro atoms. The molecule has 3 aromatic carbocycles. The molecule has 0 bridgehead atoms. The Labute approximate surface area is 291 Å². The average Bonchev–Trinajstić information content (AvgIpc) is 3.65. The van der Waals surface area contributed by atoms with Crippen LogP contribution in [-0.2, 0) is 16.1 Å². The quantitative estimate of drug-likeness (QED) is 0.119. The van der Waals surface area contributed by atoms with Crippen LogP contribution in [0, 0.1) is 3.57 Å². The largest absolute Gasteiger partial charge is 0.487 e. The zero-order valence-electron chi connectivity index (χ0n) is 23.1. The number of nitrogens with zero attached hydrogens (tertiary/aromatic N) is 2. The minimum Gasteiger partial charge on any atom is -0.487 e. The van der Waals surface area contributed by atoms with Crippen LogP contribution in [0.15, 0.2) is 109 Å². The van der Waals surface area contributed by atoms with Gasteiger partial charge in [0.25, 0.3) is 5.56 Å². The van der Waals surface area contributed by atoms with Crippen LogP contribution in [0.3, 0.4) is 0 Å². The Morgan fingerprint density at radius 2 is 1.82 bits per heavy atom. The molecular weight excluding hydrogens is 839 g/mol.